The van der Waals surface area contributed by atoms with Gasteiger partial charge in [-0.05, 0) is 25.2 Å². The molecular weight excluding hydrogens is 262 g/mol. The molecule has 20 heavy (non-hydrogen) atoms. The highest BCUT2D eigenvalue weighted by Crippen LogP contribution is 2.17. The number of carbonyl (C=O) groups is 3. The number of likely N-dealkylation sites (tertiary alicyclic amines) is 1. The van der Waals surface area contributed by atoms with Crippen molar-refractivity contribution in [1.29, 1.82) is 0 Å². The summed E-state index contributed by atoms with van der Waals surface area (Å²) in [5, 5.41) is 11.7. The summed E-state index contributed by atoms with van der Waals surface area (Å²) in [6.07, 6.45) is 1.72. The van der Waals surface area contributed by atoms with Crippen LogP contribution in [0.2, 0.25) is 0 Å². The van der Waals surface area contributed by atoms with E-state index in [9.17, 15) is 14.4 Å². The Morgan fingerprint density at radius 1 is 1.40 bits per heavy atom. The van der Waals surface area contributed by atoms with E-state index in [1.54, 1.807) is 0 Å². The number of carboxylic acid groups (broad SMARTS) is 1. The molecule has 3 amide bonds. The molecule has 1 heterocycles. The highest BCUT2D eigenvalue weighted by atomic mass is 16.4. The molecular formula is C13H23N3O4. The zero-order valence-electron chi connectivity index (χ0n) is 12.0. The number of rotatable bonds is 5. The molecule has 7 heteroatoms. The number of aliphatic carboxylic acids is 1. The minimum absolute atomic E-state index is 0.171. The smallest absolute Gasteiger partial charge is 0.326 e. The van der Waals surface area contributed by atoms with Gasteiger partial charge in [0.2, 0.25) is 5.91 Å². The van der Waals surface area contributed by atoms with Crippen LogP contribution in [0.25, 0.3) is 0 Å². The molecule has 0 aromatic heterocycles. The fourth-order valence-corrected chi connectivity index (χ4v) is 2.37. The monoisotopic (exact) mass is 285 g/mol. The average molecular weight is 285 g/mol. The summed E-state index contributed by atoms with van der Waals surface area (Å²) in [7, 11) is 0. The van der Waals surface area contributed by atoms with E-state index >= 15 is 0 Å². The summed E-state index contributed by atoms with van der Waals surface area (Å²) in [5.74, 6) is -1.56. The predicted octanol–water partition coefficient (Wildman–Crippen LogP) is 0.393. The lowest BCUT2D eigenvalue weighted by Gasteiger charge is -2.31. The van der Waals surface area contributed by atoms with Crippen molar-refractivity contribution in [3.05, 3.63) is 0 Å². The predicted molar refractivity (Wildman–Crippen MR) is 72.9 cm³/mol. The lowest BCUT2D eigenvalue weighted by atomic mass is 9.96. The van der Waals surface area contributed by atoms with Crippen LogP contribution in [0.1, 0.15) is 33.1 Å². The van der Waals surface area contributed by atoms with E-state index in [1.165, 1.54) is 4.90 Å². The van der Waals surface area contributed by atoms with E-state index < -0.39 is 18.0 Å². The second kappa shape index (κ2) is 7.12. The van der Waals surface area contributed by atoms with Gasteiger partial charge in [0.25, 0.3) is 0 Å². The van der Waals surface area contributed by atoms with Crippen LogP contribution in [0.4, 0.5) is 4.79 Å². The van der Waals surface area contributed by atoms with Gasteiger partial charge in [0.1, 0.15) is 6.04 Å². The zero-order chi connectivity index (χ0) is 15.3. The summed E-state index contributed by atoms with van der Waals surface area (Å²) >= 11 is 0. The van der Waals surface area contributed by atoms with Crippen LogP contribution in [-0.2, 0) is 9.59 Å². The minimum atomic E-state index is -1.03. The largest absolute Gasteiger partial charge is 0.480 e. The number of urea groups is 1. The van der Waals surface area contributed by atoms with Gasteiger partial charge in [-0.15, -0.1) is 0 Å². The van der Waals surface area contributed by atoms with E-state index in [0.29, 0.717) is 25.8 Å². The number of amides is 3. The third-order valence-corrected chi connectivity index (χ3v) is 3.43. The molecule has 114 valence electrons. The Hall–Kier alpha value is -1.79. The van der Waals surface area contributed by atoms with Gasteiger partial charge in [0, 0.05) is 13.1 Å². The first kappa shape index (κ1) is 16.3. The number of piperidine rings is 1. The van der Waals surface area contributed by atoms with Gasteiger partial charge in [-0.2, -0.15) is 0 Å². The highest BCUT2D eigenvalue weighted by molar-refractivity contribution is 5.85. The van der Waals surface area contributed by atoms with Crippen LogP contribution in [0.3, 0.4) is 0 Å². The molecule has 2 atom stereocenters. The molecule has 1 aliphatic rings. The maximum Gasteiger partial charge on any atom is 0.326 e. The van der Waals surface area contributed by atoms with Crippen molar-refractivity contribution in [2.75, 3.05) is 13.1 Å². The third-order valence-electron chi connectivity index (χ3n) is 3.43. The van der Waals surface area contributed by atoms with Crippen molar-refractivity contribution in [3.63, 3.8) is 0 Å². The first-order chi connectivity index (χ1) is 9.31. The van der Waals surface area contributed by atoms with E-state index in [2.05, 4.69) is 5.32 Å². The van der Waals surface area contributed by atoms with E-state index in [4.69, 9.17) is 10.8 Å². The highest BCUT2D eigenvalue weighted by Gasteiger charge is 2.30. The number of hydrogen-bond donors (Lipinski definition) is 3. The molecule has 0 aromatic rings. The number of primary amides is 1. The number of nitrogens with two attached hydrogens (primary N) is 1. The van der Waals surface area contributed by atoms with Crippen LogP contribution in [0.15, 0.2) is 0 Å². The minimum Gasteiger partial charge on any atom is -0.480 e. The molecule has 7 nitrogen and oxygen atoms in total. The Kier molecular flexibility index (Phi) is 5.79. The standard InChI is InChI=1S/C13H23N3O4/c1-8(2)6-10(12(18)19)15-11(17)9-4-3-5-16(7-9)13(14)20/h8-10H,3-7H2,1-2H3,(H2,14,20)(H,15,17)(H,18,19)/t9?,10-/m0/s1. The van der Waals surface area contributed by atoms with Crippen molar-refractivity contribution in [2.45, 2.75) is 39.2 Å². The Morgan fingerprint density at radius 3 is 2.55 bits per heavy atom. The van der Waals surface area contributed by atoms with E-state index in [0.717, 1.165) is 0 Å². The Balaban J connectivity index is 2.59. The lowest BCUT2D eigenvalue weighted by Crippen LogP contribution is -2.50. The molecule has 4 N–H and O–H groups in total. The van der Waals surface area contributed by atoms with Gasteiger partial charge in [-0.3, -0.25) is 4.79 Å². The first-order valence-corrected chi connectivity index (χ1v) is 6.88. The van der Waals surface area contributed by atoms with Crippen LogP contribution < -0.4 is 11.1 Å². The van der Waals surface area contributed by atoms with E-state index in [-0.39, 0.29) is 24.3 Å². The number of carboxylic acids is 1. The second-order valence-electron chi connectivity index (χ2n) is 5.65. The number of nitrogens with one attached hydrogen (secondary N) is 1. The van der Waals surface area contributed by atoms with Gasteiger partial charge in [0.15, 0.2) is 0 Å². The van der Waals surface area contributed by atoms with Crippen LogP contribution >= 0.6 is 0 Å². The third kappa shape index (κ3) is 4.71. The average Bonchev–Trinajstić information content (AvgIpc) is 2.37. The molecule has 0 radical (unpaired) electrons. The molecule has 0 aliphatic carbocycles. The quantitative estimate of drug-likeness (QED) is 0.678. The van der Waals surface area contributed by atoms with Crippen molar-refractivity contribution >= 4 is 17.9 Å². The van der Waals surface area contributed by atoms with Crippen LogP contribution in [0, 0.1) is 11.8 Å². The molecule has 1 aliphatic heterocycles. The maximum absolute atomic E-state index is 12.1. The molecule has 0 saturated carbocycles. The number of hydrogen-bond acceptors (Lipinski definition) is 3. The Bertz CT molecular complexity index is 384. The summed E-state index contributed by atoms with van der Waals surface area (Å²) in [6, 6.07) is -1.43. The van der Waals surface area contributed by atoms with Gasteiger partial charge in [-0.25, -0.2) is 9.59 Å². The van der Waals surface area contributed by atoms with Crippen molar-refractivity contribution in [3.8, 4) is 0 Å². The van der Waals surface area contributed by atoms with Gasteiger partial charge in [0.05, 0.1) is 5.92 Å². The Morgan fingerprint density at radius 2 is 2.05 bits per heavy atom. The number of carbonyl (C=O) groups excluding carboxylic acids is 2. The molecule has 1 fully saturated rings. The fourth-order valence-electron chi connectivity index (χ4n) is 2.37. The molecule has 0 spiro atoms. The van der Waals surface area contributed by atoms with Crippen LogP contribution in [0.5, 0.6) is 0 Å². The Labute approximate surface area is 118 Å². The molecule has 1 saturated heterocycles. The molecule has 0 bridgehead atoms. The SMILES string of the molecule is CC(C)C[C@H](NC(=O)C1CCCN(C(N)=O)C1)C(=O)O. The van der Waals surface area contributed by atoms with Gasteiger partial charge < -0.3 is 21.1 Å². The normalized spacial score (nSPS) is 20.6. The first-order valence-electron chi connectivity index (χ1n) is 6.88. The summed E-state index contributed by atoms with van der Waals surface area (Å²) in [6.45, 7) is 4.61. The molecule has 1 rings (SSSR count). The number of nitrogens with zero attached hydrogens (tertiary/aromatic N) is 1. The summed E-state index contributed by atoms with van der Waals surface area (Å²) in [4.78, 5) is 35.8. The molecule has 0 aromatic carbocycles. The molecule has 1 unspecified atom stereocenters. The van der Waals surface area contributed by atoms with Crippen molar-refractivity contribution < 1.29 is 19.5 Å². The summed E-state index contributed by atoms with van der Waals surface area (Å²) in [5.41, 5.74) is 5.21. The second-order valence-corrected chi connectivity index (χ2v) is 5.65. The maximum atomic E-state index is 12.1. The van der Waals surface area contributed by atoms with Gasteiger partial charge in [-0.1, -0.05) is 13.8 Å². The zero-order valence-corrected chi connectivity index (χ0v) is 12.0. The van der Waals surface area contributed by atoms with Crippen molar-refractivity contribution in [1.82, 2.24) is 10.2 Å². The van der Waals surface area contributed by atoms with Crippen molar-refractivity contribution in [2.24, 2.45) is 17.6 Å². The van der Waals surface area contributed by atoms with Gasteiger partial charge >= 0.3 is 12.0 Å². The fraction of sp³-hybridized carbons (Fsp3) is 0.769. The van der Waals surface area contributed by atoms with Crippen LogP contribution in [-0.4, -0.2) is 47.0 Å². The topological polar surface area (TPSA) is 113 Å². The summed E-state index contributed by atoms with van der Waals surface area (Å²) < 4.78 is 0. The lowest BCUT2D eigenvalue weighted by molar-refractivity contribution is -0.143. The van der Waals surface area contributed by atoms with E-state index in [1.807, 2.05) is 13.8 Å².